The summed E-state index contributed by atoms with van der Waals surface area (Å²) < 4.78 is 0. The van der Waals surface area contributed by atoms with Gasteiger partial charge in [0, 0.05) is 0 Å². The molecule has 1 aliphatic rings. The number of ketones is 1. The Morgan fingerprint density at radius 1 is 1.50 bits per heavy atom. The molecule has 0 unspecified atom stereocenters. The monoisotopic (exact) mass is 167 g/mol. The molecular formula is C10H17NO. The summed E-state index contributed by atoms with van der Waals surface area (Å²) in [6, 6.07) is 0. The highest BCUT2D eigenvalue weighted by Crippen LogP contribution is 2.17. The van der Waals surface area contributed by atoms with E-state index in [1.54, 1.807) is 0 Å². The first-order valence-electron chi connectivity index (χ1n) is 4.71. The van der Waals surface area contributed by atoms with Crippen molar-refractivity contribution >= 4 is 5.78 Å². The second-order valence-electron chi connectivity index (χ2n) is 3.28. The molecule has 0 atom stereocenters. The van der Waals surface area contributed by atoms with E-state index < -0.39 is 0 Å². The van der Waals surface area contributed by atoms with Crippen molar-refractivity contribution < 1.29 is 4.79 Å². The van der Waals surface area contributed by atoms with Crippen LogP contribution in [0.25, 0.3) is 0 Å². The predicted molar refractivity (Wildman–Crippen MR) is 50.1 cm³/mol. The summed E-state index contributed by atoms with van der Waals surface area (Å²) in [5.41, 5.74) is 1.04. The molecule has 0 radical (unpaired) electrons. The number of hydrogen-bond donors (Lipinski definition) is 1. The lowest BCUT2D eigenvalue weighted by molar-refractivity contribution is -0.114. The number of rotatable bonds is 3. The van der Waals surface area contributed by atoms with Crippen LogP contribution in [0.2, 0.25) is 0 Å². The topological polar surface area (TPSA) is 29.1 Å². The molecule has 0 aromatic rings. The van der Waals surface area contributed by atoms with Crippen LogP contribution in [0.1, 0.15) is 32.1 Å². The summed E-state index contributed by atoms with van der Waals surface area (Å²) in [5.74, 6) is 0.277. The minimum atomic E-state index is 0.277. The number of likely N-dealkylation sites (N-methyl/N-ethyl adjacent to an activating group) is 1. The van der Waals surface area contributed by atoms with Crippen LogP contribution in [0.5, 0.6) is 0 Å². The zero-order valence-electron chi connectivity index (χ0n) is 7.73. The second kappa shape index (κ2) is 5.09. The van der Waals surface area contributed by atoms with Crippen molar-refractivity contribution in [1.29, 1.82) is 0 Å². The van der Waals surface area contributed by atoms with Crippen LogP contribution in [-0.4, -0.2) is 19.4 Å². The number of allylic oxidation sites excluding steroid dienone is 1. The highest BCUT2D eigenvalue weighted by Gasteiger charge is 2.09. The van der Waals surface area contributed by atoms with Gasteiger partial charge in [-0.15, -0.1) is 0 Å². The van der Waals surface area contributed by atoms with Crippen molar-refractivity contribution in [2.24, 2.45) is 0 Å². The minimum absolute atomic E-state index is 0.277. The molecule has 0 aromatic carbocycles. The maximum atomic E-state index is 11.4. The molecule has 0 saturated carbocycles. The summed E-state index contributed by atoms with van der Waals surface area (Å²) in [6.07, 6.45) is 7.89. The molecule has 1 N–H and O–H groups in total. The van der Waals surface area contributed by atoms with E-state index in [9.17, 15) is 4.79 Å². The van der Waals surface area contributed by atoms with E-state index in [-0.39, 0.29) is 5.78 Å². The lowest BCUT2D eigenvalue weighted by Crippen LogP contribution is -2.20. The summed E-state index contributed by atoms with van der Waals surface area (Å²) in [6.45, 7) is 0.492. The van der Waals surface area contributed by atoms with Gasteiger partial charge in [0.25, 0.3) is 0 Å². The van der Waals surface area contributed by atoms with Gasteiger partial charge in [0.15, 0.2) is 5.78 Å². The molecule has 0 aliphatic heterocycles. The van der Waals surface area contributed by atoms with E-state index in [4.69, 9.17) is 0 Å². The standard InChI is InChI=1S/C10H17NO/c1-11-8-10(12)9-6-4-2-3-5-7-9/h6,11H,2-5,7-8H2,1H3. The maximum Gasteiger partial charge on any atom is 0.172 e. The normalized spacial score (nSPS) is 18.2. The highest BCUT2D eigenvalue weighted by molar-refractivity contribution is 5.96. The van der Waals surface area contributed by atoms with Crippen LogP contribution in [-0.2, 0) is 4.79 Å². The van der Waals surface area contributed by atoms with Crippen LogP contribution >= 0.6 is 0 Å². The molecule has 0 amide bonds. The molecule has 0 bridgehead atoms. The van der Waals surface area contributed by atoms with Crippen LogP contribution in [0.4, 0.5) is 0 Å². The Bertz CT molecular complexity index is 184. The fourth-order valence-electron chi connectivity index (χ4n) is 1.54. The van der Waals surface area contributed by atoms with E-state index in [1.165, 1.54) is 19.3 Å². The quantitative estimate of drug-likeness (QED) is 0.692. The van der Waals surface area contributed by atoms with Gasteiger partial charge < -0.3 is 5.32 Å². The first kappa shape index (κ1) is 9.46. The van der Waals surface area contributed by atoms with Crippen LogP contribution < -0.4 is 5.32 Å². The van der Waals surface area contributed by atoms with Crippen molar-refractivity contribution in [2.75, 3.05) is 13.6 Å². The van der Waals surface area contributed by atoms with Crippen LogP contribution in [0.3, 0.4) is 0 Å². The molecule has 0 spiro atoms. The number of carbonyl (C=O) groups is 1. The van der Waals surface area contributed by atoms with Crippen LogP contribution in [0, 0.1) is 0 Å². The molecule has 1 rings (SSSR count). The van der Waals surface area contributed by atoms with Gasteiger partial charge in [0.2, 0.25) is 0 Å². The summed E-state index contributed by atoms with van der Waals surface area (Å²) in [5, 5.41) is 2.89. The smallest absolute Gasteiger partial charge is 0.172 e. The van der Waals surface area contributed by atoms with E-state index in [0.29, 0.717) is 6.54 Å². The molecular weight excluding hydrogens is 150 g/mol. The molecule has 2 nitrogen and oxygen atoms in total. The second-order valence-corrected chi connectivity index (χ2v) is 3.28. The Balaban J connectivity index is 2.47. The molecule has 2 heteroatoms. The fourth-order valence-corrected chi connectivity index (χ4v) is 1.54. The third kappa shape index (κ3) is 2.78. The first-order chi connectivity index (χ1) is 5.84. The average molecular weight is 167 g/mol. The van der Waals surface area contributed by atoms with Gasteiger partial charge >= 0.3 is 0 Å². The van der Waals surface area contributed by atoms with Gasteiger partial charge in [0.05, 0.1) is 6.54 Å². The number of Topliss-reactive ketones (excluding diaryl/α,β-unsaturated/α-hetero) is 1. The van der Waals surface area contributed by atoms with Crippen molar-refractivity contribution in [3.63, 3.8) is 0 Å². The summed E-state index contributed by atoms with van der Waals surface area (Å²) in [7, 11) is 1.81. The first-order valence-corrected chi connectivity index (χ1v) is 4.71. The van der Waals surface area contributed by atoms with Crippen molar-refractivity contribution in [3.05, 3.63) is 11.6 Å². The Labute approximate surface area is 74.0 Å². The molecule has 1 aliphatic carbocycles. The molecule has 68 valence electrons. The third-order valence-corrected chi connectivity index (χ3v) is 2.24. The van der Waals surface area contributed by atoms with Gasteiger partial charge in [-0.2, -0.15) is 0 Å². The summed E-state index contributed by atoms with van der Waals surface area (Å²) in [4.78, 5) is 11.4. The lowest BCUT2D eigenvalue weighted by Gasteiger charge is -2.02. The highest BCUT2D eigenvalue weighted by atomic mass is 16.1. The Morgan fingerprint density at radius 3 is 3.08 bits per heavy atom. The summed E-state index contributed by atoms with van der Waals surface area (Å²) >= 11 is 0. The fraction of sp³-hybridized carbons (Fsp3) is 0.700. The minimum Gasteiger partial charge on any atom is -0.313 e. The molecule has 0 fully saturated rings. The van der Waals surface area contributed by atoms with Gasteiger partial charge in [-0.1, -0.05) is 12.5 Å². The van der Waals surface area contributed by atoms with E-state index in [2.05, 4.69) is 11.4 Å². The van der Waals surface area contributed by atoms with Gasteiger partial charge in [0.1, 0.15) is 0 Å². The zero-order valence-corrected chi connectivity index (χ0v) is 7.73. The molecule has 0 heterocycles. The van der Waals surface area contributed by atoms with Crippen LogP contribution in [0.15, 0.2) is 11.6 Å². The van der Waals surface area contributed by atoms with Gasteiger partial charge in [-0.05, 0) is 38.3 Å². The zero-order chi connectivity index (χ0) is 8.81. The van der Waals surface area contributed by atoms with Crippen molar-refractivity contribution in [2.45, 2.75) is 32.1 Å². The van der Waals surface area contributed by atoms with E-state index >= 15 is 0 Å². The Kier molecular flexibility index (Phi) is 4.01. The SMILES string of the molecule is CNCC(=O)C1=CCCCCC1. The van der Waals surface area contributed by atoms with Gasteiger partial charge in [-0.3, -0.25) is 4.79 Å². The lowest BCUT2D eigenvalue weighted by atomic mass is 10.1. The van der Waals surface area contributed by atoms with Gasteiger partial charge in [-0.25, -0.2) is 0 Å². The number of nitrogens with one attached hydrogen (secondary N) is 1. The largest absolute Gasteiger partial charge is 0.313 e. The number of carbonyl (C=O) groups excluding carboxylic acids is 1. The maximum absolute atomic E-state index is 11.4. The third-order valence-electron chi connectivity index (χ3n) is 2.24. The Morgan fingerprint density at radius 2 is 2.33 bits per heavy atom. The van der Waals surface area contributed by atoms with E-state index in [1.807, 2.05) is 7.05 Å². The Hall–Kier alpha value is -0.630. The molecule has 0 saturated heterocycles. The van der Waals surface area contributed by atoms with Crippen molar-refractivity contribution in [1.82, 2.24) is 5.32 Å². The molecule has 0 aromatic heterocycles. The van der Waals surface area contributed by atoms with Crippen molar-refractivity contribution in [3.8, 4) is 0 Å². The predicted octanol–water partition coefficient (Wildman–Crippen LogP) is 1.67. The number of hydrogen-bond acceptors (Lipinski definition) is 2. The average Bonchev–Trinajstić information content (AvgIpc) is 2.32. The van der Waals surface area contributed by atoms with E-state index in [0.717, 1.165) is 18.4 Å². The molecule has 12 heavy (non-hydrogen) atoms.